The standard InChI is InChI=1S/C21H26ClN3O4S2/c1-16(2)21-24(13-14-25(21)31(28,29)19-7-5-4-6-8-19)20(15-22)23-30(26,27)18-11-9-17(3)10-12-18/h4-12,16,21H,13-15H2,1-3H3/t21-/m1/s1. The number of aryl methyl sites for hydroxylation is 1. The molecule has 1 aliphatic rings. The molecular formula is C21H26ClN3O4S2. The number of sulfonamides is 2. The highest BCUT2D eigenvalue weighted by atomic mass is 35.5. The lowest BCUT2D eigenvalue weighted by molar-refractivity contribution is 0.211. The summed E-state index contributed by atoms with van der Waals surface area (Å²) in [4.78, 5) is 1.94. The predicted molar refractivity (Wildman–Crippen MR) is 122 cm³/mol. The molecule has 1 heterocycles. The third kappa shape index (κ3) is 4.95. The summed E-state index contributed by atoms with van der Waals surface area (Å²) in [7, 11) is -7.75. The molecule has 31 heavy (non-hydrogen) atoms. The van der Waals surface area contributed by atoms with Crippen LogP contribution in [0.3, 0.4) is 0 Å². The summed E-state index contributed by atoms with van der Waals surface area (Å²) in [5.41, 5.74) is 0.932. The fourth-order valence-electron chi connectivity index (χ4n) is 3.65. The molecule has 0 bridgehead atoms. The van der Waals surface area contributed by atoms with E-state index in [4.69, 9.17) is 11.6 Å². The fourth-order valence-corrected chi connectivity index (χ4v) is 6.70. The zero-order valence-electron chi connectivity index (χ0n) is 17.6. The second-order valence-corrected chi connectivity index (χ2v) is 11.5. The van der Waals surface area contributed by atoms with E-state index in [0.29, 0.717) is 6.54 Å². The van der Waals surface area contributed by atoms with Gasteiger partial charge in [0.1, 0.15) is 5.84 Å². The molecule has 0 aromatic heterocycles. The number of alkyl halides is 1. The third-order valence-electron chi connectivity index (χ3n) is 5.12. The van der Waals surface area contributed by atoms with E-state index in [1.54, 1.807) is 47.4 Å². The van der Waals surface area contributed by atoms with E-state index < -0.39 is 26.2 Å². The summed E-state index contributed by atoms with van der Waals surface area (Å²) in [6.07, 6.45) is -0.601. The first-order valence-electron chi connectivity index (χ1n) is 9.88. The molecular weight excluding hydrogens is 458 g/mol. The number of halogens is 1. The van der Waals surface area contributed by atoms with Crippen LogP contribution in [0.4, 0.5) is 0 Å². The molecule has 3 rings (SSSR count). The molecule has 2 aromatic carbocycles. The Hall–Kier alpha value is -1.94. The molecule has 168 valence electrons. The molecule has 2 aromatic rings. The van der Waals surface area contributed by atoms with Crippen LogP contribution in [0.2, 0.25) is 0 Å². The van der Waals surface area contributed by atoms with Crippen molar-refractivity contribution >= 4 is 37.5 Å². The minimum atomic E-state index is -3.99. The normalized spacial score (nSPS) is 18.7. The molecule has 0 saturated carbocycles. The first-order chi connectivity index (χ1) is 14.6. The molecule has 1 fully saturated rings. The van der Waals surface area contributed by atoms with Gasteiger partial charge in [-0.05, 0) is 37.1 Å². The van der Waals surface area contributed by atoms with Gasteiger partial charge in [-0.2, -0.15) is 12.7 Å². The Morgan fingerprint density at radius 1 is 1.00 bits per heavy atom. The van der Waals surface area contributed by atoms with E-state index in [9.17, 15) is 16.8 Å². The molecule has 0 radical (unpaired) electrons. The highest BCUT2D eigenvalue weighted by Crippen LogP contribution is 2.29. The Morgan fingerprint density at radius 2 is 1.61 bits per heavy atom. The van der Waals surface area contributed by atoms with Crippen molar-refractivity contribution in [2.75, 3.05) is 19.0 Å². The first kappa shape index (κ1) is 23.7. The quantitative estimate of drug-likeness (QED) is 0.357. The van der Waals surface area contributed by atoms with E-state index in [-0.39, 0.29) is 34.0 Å². The smallest absolute Gasteiger partial charge is 0.283 e. The van der Waals surface area contributed by atoms with Gasteiger partial charge >= 0.3 is 0 Å². The molecule has 1 atom stereocenters. The van der Waals surface area contributed by atoms with Gasteiger partial charge in [-0.25, -0.2) is 8.42 Å². The van der Waals surface area contributed by atoms with E-state index >= 15 is 0 Å². The number of amidine groups is 1. The van der Waals surface area contributed by atoms with Gasteiger partial charge in [0.05, 0.1) is 21.8 Å². The minimum absolute atomic E-state index is 0.0646. The van der Waals surface area contributed by atoms with Gasteiger partial charge in [0, 0.05) is 13.1 Å². The number of nitrogens with zero attached hydrogens (tertiary/aromatic N) is 3. The summed E-state index contributed by atoms with van der Waals surface area (Å²) in [5.74, 6) is -0.156. The van der Waals surface area contributed by atoms with Gasteiger partial charge in [0.15, 0.2) is 0 Å². The summed E-state index contributed by atoms with van der Waals surface area (Å²) in [6.45, 7) is 6.14. The lowest BCUT2D eigenvalue weighted by Gasteiger charge is -2.34. The van der Waals surface area contributed by atoms with Crippen LogP contribution in [0.1, 0.15) is 19.4 Å². The average Bonchev–Trinajstić information content (AvgIpc) is 3.19. The van der Waals surface area contributed by atoms with Crippen LogP contribution < -0.4 is 0 Å². The number of hydrogen-bond acceptors (Lipinski definition) is 4. The minimum Gasteiger partial charge on any atom is -0.340 e. The van der Waals surface area contributed by atoms with Crippen LogP contribution >= 0.6 is 11.6 Å². The summed E-state index contributed by atoms with van der Waals surface area (Å²) < 4.78 is 57.6. The summed E-state index contributed by atoms with van der Waals surface area (Å²) >= 11 is 6.11. The van der Waals surface area contributed by atoms with Crippen LogP contribution in [0.25, 0.3) is 0 Å². The van der Waals surface area contributed by atoms with Gasteiger partial charge in [-0.1, -0.05) is 49.7 Å². The SMILES string of the molecule is Cc1ccc(S(=O)(=O)N=C(CCl)N2CCN(S(=O)(=O)c3ccccc3)[C@@H]2C(C)C)cc1. The lowest BCUT2D eigenvalue weighted by Crippen LogP contribution is -2.48. The maximum atomic E-state index is 13.3. The van der Waals surface area contributed by atoms with Crippen molar-refractivity contribution in [3.8, 4) is 0 Å². The van der Waals surface area contributed by atoms with Crippen molar-refractivity contribution in [2.24, 2.45) is 10.3 Å². The molecule has 10 heteroatoms. The van der Waals surface area contributed by atoms with Crippen molar-refractivity contribution in [2.45, 2.75) is 36.7 Å². The zero-order chi connectivity index (χ0) is 22.8. The molecule has 0 amide bonds. The monoisotopic (exact) mass is 483 g/mol. The number of rotatable bonds is 6. The lowest BCUT2D eigenvalue weighted by atomic mass is 10.1. The zero-order valence-corrected chi connectivity index (χ0v) is 20.0. The molecule has 1 saturated heterocycles. The second-order valence-electron chi connectivity index (χ2n) is 7.71. The Bertz CT molecular complexity index is 1150. The van der Waals surface area contributed by atoms with Crippen molar-refractivity contribution in [3.05, 3.63) is 60.2 Å². The van der Waals surface area contributed by atoms with Crippen LogP contribution in [-0.4, -0.2) is 57.0 Å². The predicted octanol–water partition coefficient (Wildman–Crippen LogP) is 3.31. The van der Waals surface area contributed by atoms with Crippen molar-refractivity contribution < 1.29 is 16.8 Å². The van der Waals surface area contributed by atoms with E-state index in [1.807, 2.05) is 20.8 Å². The van der Waals surface area contributed by atoms with Crippen LogP contribution in [-0.2, 0) is 20.0 Å². The third-order valence-corrected chi connectivity index (χ3v) is 8.56. The van der Waals surface area contributed by atoms with Gasteiger partial charge in [-0.3, -0.25) is 0 Å². The maximum absolute atomic E-state index is 13.3. The maximum Gasteiger partial charge on any atom is 0.283 e. The Balaban J connectivity index is 1.99. The van der Waals surface area contributed by atoms with Gasteiger partial charge in [0.25, 0.3) is 10.0 Å². The van der Waals surface area contributed by atoms with Gasteiger partial charge in [0.2, 0.25) is 10.0 Å². The van der Waals surface area contributed by atoms with Gasteiger partial charge < -0.3 is 4.90 Å². The topological polar surface area (TPSA) is 87.1 Å². The molecule has 0 unspecified atom stereocenters. The van der Waals surface area contributed by atoms with Crippen molar-refractivity contribution in [3.63, 3.8) is 0 Å². The largest absolute Gasteiger partial charge is 0.340 e. The Kier molecular flexibility index (Phi) is 7.10. The van der Waals surface area contributed by atoms with Crippen molar-refractivity contribution in [1.82, 2.24) is 9.21 Å². The van der Waals surface area contributed by atoms with Crippen molar-refractivity contribution in [1.29, 1.82) is 0 Å². The molecule has 1 aliphatic heterocycles. The van der Waals surface area contributed by atoms with Crippen LogP contribution in [0.15, 0.2) is 68.8 Å². The second kappa shape index (κ2) is 9.28. The molecule has 7 nitrogen and oxygen atoms in total. The molecule has 0 aliphatic carbocycles. The average molecular weight is 484 g/mol. The number of benzene rings is 2. The summed E-state index contributed by atoms with van der Waals surface area (Å²) in [6, 6.07) is 14.6. The first-order valence-corrected chi connectivity index (χ1v) is 13.3. The fraction of sp³-hybridized carbons (Fsp3) is 0.381. The molecule has 0 N–H and O–H groups in total. The number of hydrogen-bond donors (Lipinski definition) is 0. The van der Waals surface area contributed by atoms with E-state index in [1.165, 1.54) is 16.4 Å². The summed E-state index contributed by atoms with van der Waals surface area (Å²) in [5, 5.41) is 0. The van der Waals surface area contributed by atoms with E-state index in [2.05, 4.69) is 4.40 Å². The Labute approximate surface area is 189 Å². The van der Waals surface area contributed by atoms with Gasteiger partial charge in [-0.15, -0.1) is 16.0 Å². The Morgan fingerprint density at radius 3 is 2.16 bits per heavy atom. The highest BCUT2D eigenvalue weighted by molar-refractivity contribution is 7.90. The highest BCUT2D eigenvalue weighted by Gasteiger charge is 2.43. The van der Waals surface area contributed by atoms with E-state index in [0.717, 1.165) is 5.56 Å². The molecule has 0 spiro atoms. The van der Waals surface area contributed by atoms with Crippen LogP contribution in [0, 0.1) is 12.8 Å². The van der Waals surface area contributed by atoms with Crippen LogP contribution in [0.5, 0.6) is 0 Å².